The normalized spacial score (nSPS) is 11.2. The molecule has 3 heteroatoms. The van der Waals surface area contributed by atoms with Crippen LogP contribution in [0.3, 0.4) is 0 Å². The van der Waals surface area contributed by atoms with Crippen LogP contribution in [0.4, 0.5) is 0 Å². The lowest BCUT2D eigenvalue weighted by Crippen LogP contribution is -1.89. The van der Waals surface area contributed by atoms with Gasteiger partial charge in [0.15, 0.2) is 0 Å². The molecule has 0 amide bonds. The molecule has 0 saturated carbocycles. The Labute approximate surface area is 65.8 Å². The number of halogens is 1. The molecule has 0 aliphatic rings. The van der Waals surface area contributed by atoms with Gasteiger partial charge in [-0.15, -0.1) is 11.6 Å². The summed E-state index contributed by atoms with van der Waals surface area (Å²) in [7, 11) is 0. The largest absolute Gasteiger partial charge is 0.501 e. The fourth-order valence-electron chi connectivity index (χ4n) is 0.445. The van der Waals surface area contributed by atoms with Crippen LogP contribution in [0.5, 0.6) is 0 Å². The predicted molar refractivity (Wildman–Crippen MR) is 41.1 cm³/mol. The highest BCUT2D eigenvalue weighted by molar-refractivity contribution is 6.18. The topological polar surface area (TPSA) is 26.3 Å². The van der Waals surface area contributed by atoms with Crippen LogP contribution < -0.4 is 0 Å². The first-order valence-electron chi connectivity index (χ1n) is 3.17. The maximum atomic E-state index is 10.2. The lowest BCUT2D eigenvalue weighted by atomic mass is 10.2. The van der Waals surface area contributed by atoms with E-state index in [9.17, 15) is 4.79 Å². The van der Waals surface area contributed by atoms with Crippen LogP contribution in [-0.4, -0.2) is 18.8 Å². The highest BCUT2D eigenvalue weighted by Crippen LogP contribution is 1.98. The van der Waals surface area contributed by atoms with Crippen molar-refractivity contribution in [3.8, 4) is 0 Å². The van der Waals surface area contributed by atoms with Gasteiger partial charge in [0.1, 0.15) is 6.29 Å². The monoisotopic (exact) mass is 162 g/mol. The SMILES string of the molecule is CCO/C=C(\C=O)CCCl. The minimum Gasteiger partial charge on any atom is -0.501 e. The zero-order chi connectivity index (χ0) is 7.82. The van der Waals surface area contributed by atoms with Gasteiger partial charge in [0.25, 0.3) is 0 Å². The number of hydrogen-bond donors (Lipinski definition) is 0. The summed E-state index contributed by atoms with van der Waals surface area (Å²) >= 11 is 5.40. The van der Waals surface area contributed by atoms with E-state index < -0.39 is 0 Å². The van der Waals surface area contributed by atoms with Gasteiger partial charge in [-0.3, -0.25) is 4.79 Å². The quantitative estimate of drug-likeness (QED) is 0.266. The van der Waals surface area contributed by atoms with Gasteiger partial charge in [0.05, 0.1) is 12.9 Å². The molecule has 0 fully saturated rings. The van der Waals surface area contributed by atoms with Gasteiger partial charge in [-0.2, -0.15) is 0 Å². The highest BCUT2D eigenvalue weighted by Gasteiger charge is 1.92. The zero-order valence-electron chi connectivity index (χ0n) is 5.97. The Morgan fingerprint density at radius 2 is 2.40 bits per heavy atom. The Morgan fingerprint density at radius 1 is 1.70 bits per heavy atom. The molecule has 0 spiro atoms. The van der Waals surface area contributed by atoms with Crippen LogP contribution >= 0.6 is 11.6 Å². The Kier molecular flexibility index (Phi) is 6.29. The first kappa shape index (κ1) is 9.50. The maximum absolute atomic E-state index is 10.2. The van der Waals surface area contributed by atoms with Crippen molar-refractivity contribution in [2.24, 2.45) is 0 Å². The maximum Gasteiger partial charge on any atom is 0.149 e. The van der Waals surface area contributed by atoms with Crippen molar-refractivity contribution in [2.75, 3.05) is 12.5 Å². The molecule has 2 nitrogen and oxygen atoms in total. The van der Waals surface area contributed by atoms with E-state index in [1.165, 1.54) is 6.26 Å². The fraction of sp³-hybridized carbons (Fsp3) is 0.571. The van der Waals surface area contributed by atoms with Gasteiger partial charge >= 0.3 is 0 Å². The van der Waals surface area contributed by atoms with Crippen molar-refractivity contribution < 1.29 is 9.53 Å². The van der Waals surface area contributed by atoms with Crippen LogP contribution in [0.25, 0.3) is 0 Å². The Balaban J connectivity index is 3.66. The molecule has 0 atom stereocenters. The van der Waals surface area contributed by atoms with E-state index in [0.717, 1.165) is 6.29 Å². The van der Waals surface area contributed by atoms with Crippen LogP contribution in [0.15, 0.2) is 11.8 Å². The molecule has 0 saturated heterocycles. The number of hydrogen-bond acceptors (Lipinski definition) is 2. The Morgan fingerprint density at radius 3 is 2.80 bits per heavy atom. The van der Waals surface area contributed by atoms with Crippen LogP contribution in [-0.2, 0) is 9.53 Å². The summed E-state index contributed by atoms with van der Waals surface area (Å²) in [6.45, 7) is 2.44. The van der Waals surface area contributed by atoms with Crippen molar-refractivity contribution in [3.05, 3.63) is 11.8 Å². The Bertz CT molecular complexity index is 121. The predicted octanol–water partition coefficient (Wildman–Crippen LogP) is 1.73. The smallest absolute Gasteiger partial charge is 0.149 e. The summed E-state index contributed by atoms with van der Waals surface area (Å²) in [4.78, 5) is 10.2. The molecule has 58 valence electrons. The number of carbonyl (C=O) groups excluding carboxylic acids is 1. The molecule has 0 heterocycles. The van der Waals surface area contributed by atoms with E-state index in [1.807, 2.05) is 6.92 Å². The fourth-order valence-corrected chi connectivity index (χ4v) is 0.663. The molecule has 0 aromatic rings. The van der Waals surface area contributed by atoms with Crippen molar-refractivity contribution in [1.29, 1.82) is 0 Å². The summed E-state index contributed by atoms with van der Waals surface area (Å²) in [5.41, 5.74) is 0.608. The molecule has 0 bridgehead atoms. The van der Waals surface area contributed by atoms with E-state index in [1.54, 1.807) is 0 Å². The van der Waals surface area contributed by atoms with E-state index >= 15 is 0 Å². The minimum atomic E-state index is 0.456. The third-order valence-electron chi connectivity index (χ3n) is 0.936. The van der Waals surface area contributed by atoms with Gasteiger partial charge in [0.2, 0.25) is 0 Å². The lowest BCUT2D eigenvalue weighted by Gasteiger charge is -1.96. The molecule has 0 aromatic carbocycles. The van der Waals surface area contributed by atoms with Crippen LogP contribution in [0.1, 0.15) is 13.3 Å². The molecule has 0 aromatic heterocycles. The van der Waals surface area contributed by atoms with Crippen LogP contribution in [0, 0.1) is 0 Å². The number of rotatable bonds is 5. The molecule has 0 aliphatic heterocycles. The second-order valence-corrected chi connectivity index (χ2v) is 2.08. The Hall–Kier alpha value is -0.500. The summed E-state index contributed by atoms with van der Waals surface area (Å²) < 4.78 is 4.89. The summed E-state index contributed by atoms with van der Waals surface area (Å²) in [5, 5.41) is 0. The molecule has 0 rings (SSSR count). The highest BCUT2D eigenvalue weighted by atomic mass is 35.5. The van der Waals surface area contributed by atoms with E-state index in [4.69, 9.17) is 16.3 Å². The first-order chi connectivity index (χ1) is 4.85. The second-order valence-electron chi connectivity index (χ2n) is 1.70. The van der Waals surface area contributed by atoms with E-state index in [0.29, 0.717) is 24.5 Å². The number of aldehydes is 1. The standard InChI is InChI=1S/C7H11ClO2/c1-2-10-6-7(5-9)3-4-8/h5-6H,2-4H2,1H3/b7-6-. The molecule has 10 heavy (non-hydrogen) atoms. The van der Waals surface area contributed by atoms with Crippen molar-refractivity contribution in [1.82, 2.24) is 0 Å². The van der Waals surface area contributed by atoms with Gasteiger partial charge < -0.3 is 4.74 Å². The third-order valence-corrected chi connectivity index (χ3v) is 1.12. The van der Waals surface area contributed by atoms with Crippen molar-refractivity contribution >= 4 is 17.9 Å². The molecular formula is C7H11ClO2. The summed E-state index contributed by atoms with van der Waals surface area (Å²) in [6, 6.07) is 0. The van der Waals surface area contributed by atoms with Gasteiger partial charge in [-0.05, 0) is 13.3 Å². The van der Waals surface area contributed by atoms with E-state index in [-0.39, 0.29) is 0 Å². The average molecular weight is 163 g/mol. The van der Waals surface area contributed by atoms with Gasteiger partial charge in [0, 0.05) is 11.5 Å². The molecule has 0 aliphatic carbocycles. The first-order valence-corrected chi connectivity index (χ1v) is 3.70. The van der Waals surface area contributed by atoms with Gasteiger partial charge in [-0.1, -0.05) is 0 Å². The molecule has 0 N–H and O–H groups in total. The van der Waals surface area contributed by atoms with E-state index in [2.05, 4.69) is 0 Å². The average Bonchev–Trinajstić information content (AvgIpc) is 1.98. The summed E-state index contributed by atoms with van der Waals surface area (Å²) in [6.07, 6.45) is 2.79. The van der Waals surface area contributed by atoms with Crippen LogP contribution in [0.2, 0.25) is 0 Å². The number of alkyl halides is 1. The molecular weight excluding hydrogens is 152 g/mol. The zero-order valence-corrected chi connectivity index (χ0v) is 6.73. The summed E-state index contributed by atoms with van der Waals surface area (Å²) in [5.74, 6) is 0.456. The number of carbonyl (C=O) groups is 1. The number of allylic oxidation sites excluding steroid dienone is 1. The minimum absolute atomic E-state index is 0.456. The molecule has 0 radical (unpaired) electrons. The molecule has 0 unspecified atom stereocenters. The number of ether oxygens (including phenoxy) is 1. The lowest BCUT2D eigenvalue weighted by molar-refractivity contribution is -0.105. The third kappa shape index (κ3) is 4.39. The second kappa shape index (κ2) is 6.62. The van der Waals surface area contributed by atoms with Crippen molar-refractivity contribution in [2.45, 2.75) is 13.3 Å². The van der Waals surface area contributed by atoms with Gasteiger partial charge in [-0.25, -0.2) is 0 Å². The van der Waals surface area contributed by atoms with Crippen molar-refractivity contribution in [3.63, 3.8) is 0 Å².